The molecule has 0 radical (unpaired) electrons. The smallest absolute Gasteiger partial charge is 0.137 e. The average molecular weight is 361 g/mol. The molecule has 1 atom stereocenters. The molecule has 0 fully saturated rings. The molecule has 132 valence electrons. The Kier molecular flexibility index (Phi) is 5.31. The molecular weight excluding hydrogens is 336 g/mol. The van der Waals surface area contributed by atoms with Crippen molar-refractivity contribution in [1.29, 1.82) is 0 Å². The maximum Gasteiger partial charge on any atom is 0.137 e. The highest BCUT2D eigenvalue weighted by molar-refractivity contribution is 7.99. The molecule has 1 heterocycles. The van der Waals surface area contributed by atoms with Crippen LogP contribution in [-0.4, -0.2) is 0 Å². The van der Waals surface area contributed by atoms with Gasteiger partial charge in [-0.3, -0.25) is 0 Å². The minimum Gasteiger partial charge on any atom is -0.459 e. The van der Waals surface area contributed by atoms with Crippen LogP contribution in [-0.2, 0) is 12.8 Å². The highest BCUT2D eigenvalue weighted by Crippen LogP contribution is 2.46. The second kappa shape index (κ2) is 8.01. The van der Waals surface area contributed by atoms with Crippen molar-refractivity contribution < 1.29 is 4.42 Å². The van der Waals surface area contributed by atoms with Crippen molar-refractivity contribution in [3.05, 3.63) is 90.2 Å². The Morgan fingerprint density at radius 2 is 1.58 bits per heavy atom. The van der Waals surface area contributed by atoms with Crippen LogP contribution in [0.25, 0.3) is 11.3 Å². The largest absolute Gasteiger partial charge is 0.459 e. The fourth-order valence-electron chi connectivity index (χ4n) is 3.77. The van der Waals surface area contributed by atoms with Gasteiger partial charge in [-0.25, -0.2) is 0 Å². The van der Waals surface area contributed by atoms with Gasteiger partial charge >= 0.3 is 0 Å². The number of furan rings is 1. The second-order valence-electron chi connectivity index (χ2n) is 6.77. The molecule has 0 saturated heterocycles. The van der Waals surface area contributed by atoms with Crippen LogP contribution >= 0.6 is 11.8 Å². The molecule has 1 unspecified atom stereocenters. The van der Waals surface area contributed by atoms with E-state index in [1.807, 2.05) is 17.8 Å². The molecule has 0 spiro atoms. The first-order valence-electron chi connectivity index (χ1n) is 9.39. The Bertz CT molecular complexity index is 864. The SMILES string of the molecule is C=CCC(Sc1ccccc1)c1oc(-c2ccccc2)c2c1CCCC2. The van der Waals surface area contributed by atoms with Gasteiger partial charge in [0, 0.05) is 16.0 Å². The van der Waals surface area contributed by atoms with Gasteiger partial charge in [0.2, 0.25) is 0 Å². The van der Waals surface area contributed by atoms with E-state index in [0.717, 1.165) is 30.8 Å². The summed E-state index contributed by atoms with van der Waals surface area (Å²) >= 11 is 1.88. The van der Waals surface area contributed by atoms with E-state index in [1.54, 1.807) is 0 Å². The van der Waals surface area contributed by atoms with E-state index in [4.69, 9.17) is 4.42 Å². The normalized spacial score (nSPS) is 14.6. The molecule has 2 aromatic carbocycles. The van der Waals surface area contributed by atoms with Crippen molar-refractivity contribution in [3.63, 3.8) is 0 Å². The van der Waals surface area contributed by atoms with E-state index in [2.05, 4.69) is 67.2 Å². The van der Waals surface area contributed by atoms with Crippen molar-refractivity contribution in [1.82, 2.24) is 0 Å². The van der Waals surface area contributed by atoms with E-state index in [1.165, 1.54) is 34.4 Å². The van der Waals surface area contributed by atoms with Gasteiger partial charge in [-0.15, -0.1) is 18.3 Å². The summed E-state index contributed by atoms with van der Waals surface area (Å²) in [6.07, 6.45) is 7.69. The number of hydrogen-bond acceptors (Lipinski definition) is 2. The monoisotopic (exact) mass is 360 g/mol. The van der Waals surface area contributed by atoms with E-state index in [9.17, 15) is 0 Å². The summed E-state index contributed by atoms with van der Waals surface area (Å²) in [4.78, 5) is 1.28. The maximum absolute atomic E-state index is 6.57. The van der Waals surface area contributed by atoms with Crippen LogP contribution in [0.2, 0.25) is 0 Å². The van der Waals surface area contributed by atoms with Crippen LogP contribution in [0.1, 0.15) is 41.4 Å². The van der Waals surface area contributed by atoms with Gasteiger partial charge in [0.1, 0.15) is 11.5 Å². The maximum atomic E-state index is 6.57. The summed E-state index contributed by atoms with van der Waals surface area (Å²) in [6.45, 7) is 3.99. The zero-order valence-electron chi connectivity index (χ0n) is 15.0. The van der Waals surface area contributed by atoms with Gasteiger partial charge in [-0.1, -0.05) is 54.6 Å². The molecule has 3 aromatic rings. The number of benzene rings is 2. The van der Waals surface area contributed by atoms with Crippen LogP contribution in [0.15, 0.2) is 82.6 Å². The van der Waals surface area contributed by atoms with Crippen LogP contribution in [0.3, 0.4) is 0 Å². The predicted octanol–water partition coefficient (Wildman–Crippen LogP) is 7.23. The summed E-state index contributed by atoms with van der Waals surface area (Å²) < 4.78 is 6.57. The fraction of sp³-hybridized carbons (Fsp3) is 0.250. The highest BCUT2D eigenvalue weighted by Gasteiger charge is 2.28. The molecule has 1 aliphatic carbocycles. The van der Waals surface area contributed by atoms with Gasteiger partial charge in [0.15, 0.2) is 0 Å². The highest BCUT2D eigenvalue weighted by atomic mass is 32.2. The quantitative estimate of drug-likeness (QED) is 0.339. The Morgan fingerprint density at radius 3 is 2.27 bits per heavy atom. The Labute approximate surface area is 160 Å². The zero-order valence-corrected chi connectivity index (χ0v) is 15.8. The number of allylic oxidation sites excluding steroid dienone is 1. The third-order valence-corrected chi connectivity index (χ3v) is 6.22. The summed E-state index contributed by atoms with van der Waals surface area (Å²) in [5, 5.41) is 0.277. The molecule has 0 N–H and O–H groups in total. The van der Waals surface area contributed by atoms with E-state index >= 15 is 0 Å². The lowest BCUT2D eigenvalue weighted by Crippen LogP contribution is -2.04. The van der Waals surface area contributed by atoms with Crippen molar-refractivity contribution in [2.24, 2.45) is 0 Å². The van der Waals surface area contributed by atoms with Crippen molar-refractivity contribution in [2.75, 3.05) is 0 Å². The van der Waals surface area contributed by atoms with Gasteiger partial charge in [-0.2, -0.15) is 0 Å². The predicted molar refractivity (Wildman–Crippen MR) is 111 cm³/mol. The summed E-state index contributed by atoms with van der Waals surface area (Å²) in [5.41, 5.74) is 4.07. The molecule has 0 saturated carbocycles. The first kappa shape index (κ1) is 17.2. The molecule has 0 amide bonds. The lowest BCUT2D eigenvalue weighted by Gasteiger charge is -2.17. The van der Waals surface area contributed by atoms with E-state index in [-0.39, 0.29) is 5.25 Å². The number of thioether (sulfide) groups is 1. The van der Waals surface area contributed by atoms with E-state index < -0.39 is 0 Å². The Morgan fingerprint density at radius 1 is 0.923 bits per heavy atom. The minimum atomic E-state index is 0.277. The molecule has 1 aromatic heterocycles. The van der Waals surface area contributed by atoms with Gasteiger partial charge in [0.05, 0.1) is 5.25 Å². The molecule has 0 aliphatic heterocycles. The van der Waals surface area contributed by atoms with Gasteiger partial charge in [0.25, 0.3) is 0 Å². The standard InChI is InChI=1S/C24H24OS/c1-2-11-22(26-19-14-7-4-8-15-19)24-21-17-10-9-16-20(21)23(25-24)18-12-5-3-6-13-18/h2-8,12-15,22H,1,9-11,16-17H2. The third-order valence-electron chi connectivity index (χ3n) is 4.98. The second-order valence-corrected chi connectivity index (χ2v) is 8.05. The Balaban J connectivity index is 1.76. The lowest BCUT2D eigenvalue weighted by molar-refractivity contribution is 0.513. The molecule has 2 heteroatoms. The number of fused-ring (bicyclic) bond motifs is 1. The zero-order chi connectivity index (χ0) is 17.8. The topological polar surface area (TPSA) is 13.1 Å². The summed E-state index contributed by atoms with van der Waals surface area (Å²) in [6, 6.07) is 21.2. The van der Waals surface area contributed by atoms with Crippen LogP contribution in [0.4, 0.5) is 0 Å². The molecule has 1 nitrogen and oxygen atoms in total. The first-order chi connectivity index (χ1) is 12.9. The lowest BCUT2D eigenvalue weighted by atomic mass is 9.90. The van der Waals surface area contributed by atoms with Crippen molar-refractivity contribution in [2.45, 2.75) is 42.2 Å². The van der Waals surface area contributed by atoms with Crippen LogP contribution in [0.5, 0.6) is 0 Å². The summed E-state index contributed by atoms with van der Waals surface area (Å²) in [7, 11) is 0. The molecule has 26 heavy (non-hydrogen) atoms. The molecule has 1 aliphatic rings. The van der Waals surface area contributed by atoms with E-state index in [0.29, 0.717) is 0 Å². The number of hydrogen-bond donors (Lipinski definition) is 0. The summed E-state index contributed by atoms with van der Waals surface area (Å²) in [5.74, 6) is 2.24. The van der Waals surface area contributed by atoms with Crippen molar-refractivity contribution >= 4 is 11.8 Å². The fourth-order valence-corrected chi connectivity index (χ4v) is 4.94. The van der Waals surface area contributed by atoms with Crippen LogP contribution in [0, 0.1) is 0 Å². The van der Waals surface area contributed by atoms with Crippen molar-refractivity contribution in [3.8, 4) is 11.3 Å². The average Bonchev–Trinajstić information content (AvgIpc) is 3.09. The molecule has 4 rings (SSSR count). The molecular formula is C24H24OS. The first-order valence-corrected chi connectivity index (χ1v) is 10.3. The number of rotatable bonds is 6. The van der Waals surface area contributed by atoms with Crippen LogP contribution < -0.4 is 0 Å². The third kappa shape index (κ3) is 3.52. The Hall–Kier alpha value is -2.19. The minimum absolute atomic E-state index is 0.277. The molecule has 0 bridgehead atoms. The van der Waals surface area contributed by atoms with Gasteiger partial charge in [-0.05, 0) is 49.8 Å². The van der Waals surface area contributed by atoms with Gasteiger partial charge < -0.3 is 4.42 Å².